The van der Waals surface area contributed by atoms with Crippen molar-refractivity contribution in [2.24, 2.45) is 0 Å². The Morgan fingerprint density at radius 3 is 0.500 bits per heavy atom. The third-order valence-corrected chi connectivity index (χ3v) is 0. The minimum absolute atomic E-state index is 0. The van der Waals surface area contributed by atoms with Gasteiger partial charge in [0.15, 0.2) is 0 Å². The first-order valence-electron chi connectivity index (χ1n) is 0. The fourth-order valence-corrected chi connectivity index (χ4v) is 0. The summed E-state index contributed by atoms with van der Waals surface area (Å²) >= 11 is 0. The van der Waals surface area contributed by atoms with Crippen molar-refractivity contribution < 1.29 is 38.1 Å². The molecule has 0 aromatic heterocycles. The van der Waals surface area contributed by atoms with Crippen LogP contribution in [0.15, 0.2) is 0 Å². The molecule has 0 aromatic carbocycles. The summed E-state index contributed by atoms with van der Waals surface area (Å²) in [6.07, 6.45) is 0. The van der Waals surface area contributed by atoms with Gasteiger partial charge in [-0.2, -0.15) is 0 Å². The van der Waals surface area contributed by atoms with E-state index < -0.39 is 0 Å². The first-order valence-corrected chi connectivity index (χ1v) is 0. The Kier molecular flexibility index (Phi) is 253. The van der Waals surface area contributed by atoms with E-state index in [-0.39, 0.29) is 176 Å². The third kappa shape index (κ3) is 23.4. The Balaban J connectivity index is 0. The van der Waals surface area contributed by atoms with E-state index in [2.05, 4.69) is 0 Å². The SMILES string of the molecule is O.O.O.[Cs].[Cs].[Ti]. The standard InChI is InChI=1S/2Cs.3H2O.Ti/h;;3*1H2;. The zero-order chi connectivity index (χ0) is 0. The molecule has 0 saturated carbocycles. The van der Waals surface area contributed by atoms with Crippen molar-refractivity contribution in [1.82, 2.24) is 0 Å². The Morgan fingerprint density at radius 2 is 0.500 bits per heavy atom. The van der Waals surface area contributed by atoms with Gasteiger partial charge in [-0.05, 0) is 0 Å². The second kappa shape index (κ2) is 33.2. The van der Waals surface area contributed by atoms with Crippen molar-refractivity contribution in [2.45, 2.75) is 0 Å². The molecule has 0 rings (SSSR count). The van der Waals surface area contributed by atoms with E-state index in [9.17, 15) is 0 Å². The maximum absolute atomic E-state index is 0. The molecule has 0 fully saturated rings. The topological polar surface area (TPSA) is 94.5 Å². The van der Waals surface area contributed by atoms with Crippen LogP contribution >= 0.6 is 0 Å². The van der Waals surface area contributed by atoms with Crippen molar-refractivity contribution in [3.05, 3.63) is 0 Å². The quantitative estimate of drug-likeness (QED) is 0.402. The maximum Gasteiger partial charge on any atom is 0 e. The number of rotatable bonds is 0. The largest absolute Gasteiger partial charge is 0.412 e. The molecule has 0 unspecified atom stereocenters. The fraction of sp³-hybridized carbons (Fsp3) is 0. The molecule has 30 valence electrons. The monoisotopic (exact) mass is 368 g/mol. The molecule has 0 heterocycles. The van der Waals surface area contributed by atoms with Crippen LogP contribution in [0.1, 0.15) is 0 Å². The van der Waals surface area contributed by atoms with Gasteiger partial charge < -0.3 is 16.4 Å². The van der Waals surface area contributed by atoms with Crippen LogP contribution in [0, 0.1) is 0 Å². The molecule has 0 amide bonds. The Morgan fingerprint density at radius 1 is 0.500 bits per heavy atom. The molecule has 0 saturated heterocycles. The second-order valence-electron chi connectivity index (χ2n) is 0. The summed E-state index contributed by atoms with van der Waals surface area (Å²) in [5, 5.41) is 0. The average molecular weight is 368 g/mol. The Labute approximate surface area is 169 Å². The molecule has 0 spiro atoms. The minimum Gasteiger partial charge on any atom is -0.412 e. The molecular weight excluding hydrogens is 362 g/mol. The molecule has 6 heavy (non-hydrogen) atoms. The van der Waals surface area contributed by atoms with Crippen molar-refractivity contribution in [2.75, 3.05) is 0 Å². The van der Waals surface area contributed by atoms with Crippen molar-refractivity contribution >= 4 is 138 Å². The predicted octanol–water partition coefficient (Wildman–Crippen LogP) is -3.24. The smallest absolute Gasteiger partial charge is 0 e. The van der Waals surface area contributed by atoms with E-state index in [0.29, 0.717) is 0 Å². The fourth-order valence-electron chi connectivity index (χ4n) is 0. The van der Waals surface area contributed by atoms with Gasteiger partial charge in [-0.25, -0.2) is 0 Å². The van der Waals surface area contributed by atoms with Crippen LogP contribution in [0.2, 0.25) is 0 Å². The van der Waals surface area contributed by atoms with Gasteiger partial charge in [0, 0.05) is 160 Å². The van der Waals surface area contributed by atoms with Crippen LogP contribution in [0.25, 0.3) is 0 Å². The molecule has 0 bridgehead atoms. The van der Waals surface area contributed by atoms with Gasteiger partial charge in [-0.3, -0.25) is 0 Å². The summed E-state index contributed by atoms with van der Waals surface area (Å²) in [5.74, 6) is 0. The summed E-state index contributed by atoms with van der Waals surface area (Å²) in [7, 11) is 0. The summed E-state index contributed by atoms with van der Waals surface area (Å²) in [4.78, 5) is 0. The number of hydrogen-bond donors (Lipinski definition) is 0. The molecule has 3 nitrogen and oxygen atoms in total. The Hall–Kier alpha value is 4.70. The first-order chi connectivity index (χ1) is 0. The molecule has 6 heteroatoms. The van der Waals surface area contributed by atoms with Gasteiger partial charge in [0.05, 0.1) is 0 Å². The summed E-state index contributed by atoms with van der Waals surface area (Å²) < 4.78 is 0. The molecule has 6 N–H and O–H groups in total. The van der Waals surface area contributed by atoms with Gasteiger partial charge >= 0.3 is 0 Å². The zero-order valence-corrected chi connectivity index (χ0v) is 18.1. The van der Waals surface area contributed by atoms with Gasteiger partial charge in [0.25, 0.3) is 0 Å². The van der Waals surface area contributed by atoms with E-state index in [4.69, 9.17) is 0 Å². The molecule has 0 aliphatic heterocycles. The minimum atomic E-state index is 0. The van der Waals surface area contributed by atoms with E-state index in [1.807, 2.05) is 0 Å². The van der Waals surface area contributed by atoms with Gasteiger partial charge in [-0.15, -0.1) is 0 Å². The van der Waals surface area contributed by atoms with Gasteiger partial charge in [-0.1, -0.05) is 0 Å². The van der Waals surface area contributed by atoms with Crippen LogP contribution in [-0.4, -0.2) is 154 Å². The molecule has 0 atom stereocenters. The third-order valence-electron chi connectivity index (χ3n) is 0. The van der Waals surface area contributed by atoms with Crippen molar-refractivity contribution in [1.29, 1.82) is 0 Å². The van der Waals surface area contributed by atoms with Gasteiger partial charge in [0.1, 0.15) is 0 Å². The molecular formula is H6Cs2O3Ti. The molecule has 2 radical (unpaired) electrons. The van der Waals surface area contributed by atoms with Crippen LogP contribution in [0.5, 0.6) is 0 Å². The van der Waals surface area contributed by atoms with Crippen molar-refractivity contribution in [3.8, 4) is 0 Å². The van der Waals surface area contributed by atoms with Crippen LogP contribution in [-0.2, 0) is 21.7 Å². The van der Waals surface area contributed by atoms with E-state index >= 15 is 0 Å². The van der Waals surface area contributed by atoms with Crippen LogP contribution in [0.3, 0.4) is 0 Å². The molecule has 0 aromatic rings. The van der Waals surface area contributed by atoms with E-state index in [0.717, 1.165) is 0 Å². The van der Waals surface area contributed by atoms with Crippen LogP contribution < -0.4 is 0 Å². The van der Waals surface area contributed by atoms with E-state index in [1.54, 1.807) is 0 Å². The van der Waals surface area contributed by atoms with Crippen molar-refractivity contribution in [3.63, 3.8) is 0 Å². The molecule has 0 aliphatic carbocycles. The summed E-state index contributed by atoms with van der Waals surface area (Å²) in [6.45, 7) is 0. The first kappa shape index (κ1) is 45.6. The average Bonchev–Trinajstić information content (AvgIpc) is 0. The maximum atomic E-state index is 0. The van der Waals surface area contributed by atoms with Crippen LogP contribution in [0.4, 0.5) is 0 Å². The second-order valence-corrected chi connectivity index (χ2v) is 0. The van der Waals surface area contributed by atoms with E-state index in [1.165, 1.54) is 0 Å². The number of hydrogen-bond acceptors (Lipinski definition) is 0. The predicted molar refractivity (Wildman–Crippen MR) is 22.3 cm³/mol. The summed E-state index contributed by atoms with van der Waals surface area (Å²) in [5.41, 5.74) is 0. The Bertz CT molecular complexity index is 8.75. The molecule has 0 aliphatic rings. The van der Waals surface area contributed by atoms with Gasteiger partial charge in [0.2, 0.25) is 0 Å². The summed E-state index contributed by atoms with van der Waals surface area (Å²) in [6, 6.07) is 0. The zero-order valence-electron chi connectivity index (χ0n) is 4.00. The normalized spacial score (nSPS) is 0.